The van der Waals surface area contributed by atoms with Crippen molar-refractivity contribution in [2.24, 2.45) is 0 Å². The summed E-state index contributed by atoms with van der Waals surface area (Å²) in [4.78, 5) is 12.8. The molecule has 0 aromatic heterocycles. The standard InChI is InChI=1S/C14H12F6N2O2/c15-13(16,17)11(23)9-5-8(7-21)10(22-3-1-2-4-22)6-12(9,24)14(18,19)20/h5,24H,1-4,6H2. The van der Waals surface area contributed by atoms with Gasteiger partial charge in [-0.3, -0.25) is 4.79 Å². The number of Topliss-reactive ketones (excluding diaryl/α,β-unsaturated/α-hetero) is 1. The van der Waals surface area contributed by atoms with Gasteiger partial charge in [0.1, 0.15) is 6.07 Å². The molecule has 10 heteroatoms. The Morgan fingerprint density at radius 2 is 1.75 bits per heavy atom. The Morgan fingerprint density at radius 3 is 2.17 bits per heavy atom. The molecule has 1 unspecified atom stereocenters. The fraction of sp³-hybridized carbons (Fsp3) is 0.571. The lowest BCUT2D eigenvalue weighted by atomic mass is 9.79. The van der Waals surface area contributed by atoms with Gasteiger partial charge >= 0.3 is 12.4 Å². The third kappa shape index (κ3) is 3.00. The van der Waals surface area contributed by atoms with Crippen molar-refractivity contribution >= 4 is 5.78 Å². The third-order valence-electron chi connectivity index (χ3n) is 4.05. The van der Waals surface area contributed by atoms with E-state index >= 15 is 0 Å². The van der Waals surface area contributed by atoms with Crippen molar-refractivity contribution in [3.8, 4) is 6.07 Å². The molecule has 2 aliphatic rings. The third-order valence-corrected chi connectivity index (χ3v) is 4.05. The van der Waals surface area contributed by atoms with Gasteiger partial charge < -0.3 is 10.0 Å². The van der Waals surface area contributed by atoms with E-state index < -0.39 is 41.3 Å². The molecule has 1 aliphatic carbocycles. The van der Waals surface area contributed by atoms with E-state index in [1.807, 2.05) is 0 Å². The van der Waals surface area contributed by atoms with Crippen LogP contribution in [0.1, 0.15) is 19.3 Å². The van der Waals surface area contributed by atoms with E-state index in [4.69, 9.17) is 5.26 Å². The number of allylic oxidation sites excluding steroid dienone is 2. The molecule has 24 heavy (non-hydrogen) atoms. The highest BCUT2D eigenvalue weighted by Crippen LogP contribution is 2.47. The van der Waals surface area contributed by atoms with Crippen LogP contribution in [0.5, 0.6) is 0 Å². The average Bonchev–Trinajstić information content (AvgIpc) is 2.98. The number of carbonyl (C=O) groups is 1. The fourth-order valence-electron chi connectivity index (χ4n) is 2.80. The van der Waals surface area contributed by atoms with Crippen molar-refractivity contribution in [1.29, 1.82) is 5.26 Å². The van der Waals surface area contributed by atoms with Gasteiger partial charge in [-0.25, -0.2) is 0 Å². The number of hydrogen-bond donors (Lipinski definition) is 1. The minimum atomic E-state index is -5.60. The summed E-state index contributed by atoms with van der Waals surface area (Å²) in [5.41, 5.74) is -6.54. The molecule has 0 amide bonds. The number of carbonyl (C=O) groups excluding carboxylic acids is 1. The molecule has 1 fully saturated rings. The van der Waals surface area contributed by atoms with Gasteiger partial charge in [-0.15, -0.1) is 0 Å². The fourth-order valence-corrected chi connectivity index (χ4v) is 2.80. The normalized spacial score (nSPS) is 25.6. The van der Waals surface area contributed by atoms with Crippen molar-refractivity contribution in [3.05, 3.63) is 22.9 Å². The number of rotatable bonds is 2. The molecule has 0 aromatic carbocycles. The molecular formula is C14H12F6N2O2. The van der Waals surface area contributed by atoms with Gasteiger partial charge in [0.05, 0.1) is 5.57 Å². The maximum atomic E-state index is 13.3. The molecule has 0 bridgehead atoms. The lowest BCUT2D eigenvalue weighted by molar-refractivity contribution is -0.247. The number of alkyl halides is 6. The molecule has 1 atom stereocenters. The van der Waals surface area contributed by atoms with Gasteiger partial charge in [-0.1, -0.05) is 0 Å². The first kappa shape index (κ1) is 18.3. The van der Waals surface area contributed by atoms with E-state index in [0.29, 0.717) is 25.9 Å². The summed E-state index contributed by atoms with van der Waals surface area (Å²) < 4.78 is 77.7. The van der Waals surface area contributed by atoms with Crippen LogP contribution in [-0.4, -0.2) is 46.8 Å². The molecular weight excluding hydrogens is 342 g/mol. The number of aliphatic hydroxyl groups is 1. The first-order valence-corrected chi connectivity index (χ1v) is 6.93. The summed E-state index contributed by atoms with van der Waals surface area (Å²) in [5, 5.41) is 19.0. The Bertz CT molecular complexity index is 650. The van der Waals surface area contributed by atoms with E-state index in [1.54, 1.807) is 0 Å². The Morgan fingerprint density at radius 1 is 1.21 bits per heavy atom. The van der Waals surface area contributed by atoms with Crippen LogP contribution in [0.25, 0.3) is 0 Å². The van der Waals surface area contributed by atoms with E-state index in [1.165, 1.54) is 11.0 Å². The maximum Gasteiger partial charge on any atom is 0.454 e. The molecule has 1 N–H and O–H groups in total. The predicted molar refractivity (Wildman–Crippen MR) is 68.2 cm³/mol. The average molecular weight is 354 g/mol. The minimum absolute atomic E-state index is 0.200. The first-order valence-electron chi connectivity index (χ1n) is 6.93. The number of likely N-dealkylation sites (tertiary alicyclic amines) is 1. The van der Waals surface area contributed by atoms with E-state index in [2.05, 4.69) is 0 Å². The molecule has 1 heterocycles. The summed E-state index contributed by atoms with van der Waals surface area (Å²) in [6, 6.07) is 1.52. The second kappa shape index (κ2) is 5.81. The first-order chi connectivity index (χ1) is 10.9. The molecule has 0 aromatic rings. The van der Waals surface area contributed by atoms with Crippen molar-refractivity contribution in [3.63, 3.8) is 0 Å². The van der Waals surface area contributed by atoms with Crippen molar-refractivity contribution in [2.45, 2.75) is 37.2 Å². The van der Waals surface area contributed by atoms with Gasteiger partial charge in [0.25, 0.3) is 5.78 Å². The van der Waals surface area contributed by atoms with Crippen LogP contribution in [-0.2, 0) is 4.79 Å². The van der Waals surface area contributed by atoms with Gasteiger partial charge in [-0.2, -0.15) is 31.6 Å². The number of nitrogens with zero attached hydrogens (tertiary/aromatic N) is 2. The molecule has 0 radical (unpaired) electrons. The van der Waals surface area contributed by atoms with Crippen LogP contribution >= 0.6 is 0 Å². The lowest BCUT2D eigenvalue weighted by Crippen LogP contribution is -2.53. The summed E-state index contributed by atoms with van der Waals surface area (Å²) >= 11 is 0. The highest BCUT2D eigenvalue weighted by atomic mass is 19.4. The van der Waals surface area contributed by atoms with E-state index in [9.17, 15) is 36.2 Å². The molecule has 1 saturated heterocycles. The predicted octanol–water partition coefficient (Wildman–Crippen LogP) is 2.61. The van der Waals surface area contributed by atoms with Gasteiger partial charge in [-0.05, 0) is 18.9 Å². The molecule has 4 nitrogen and oxygen atoms in total. The zero-order valence-corrected chi connectivity index (χ0v) is 12.1. The molecule has 132 valence electrons. The largest absolute Gasteiger partial charge is 0.454 e. The Kier molecular flexibility index (Phi) is 4.43. The number of hydrogen-bond acceptors (Lipinski definition) is 4. The monoisotopic (exact) mass is 354 g/mol. The molecule has 1 aliphatic heterocycles. The van der Waals surface area contributed by atoms with Gasteiger partial charge in [0.15, 0.2) is 5.60 Å². The number of ketones is 1. The highest BCUT2D eigenvalue weighted by molar-refractivity contribution is 6.02. The summed E-state index contributed by atoms with van der Waals surface area (Å²) in [6.45, 7) is 0.648. The van der Waals surface area contributed by atoms with Crippen LogP contribution in [0.2, 0.25) is 0 Å². The quantitative estimate of drug-likeness (QED) is 0.775. The summed E-state index contributed by atoms with van der Waals surface area (Å²) in [7, 11) is 0. The maximum absolute atomic E-state index is 13.3. The number of nitriles is 1. The highest BCUT2D eigenvalue weighted by Gasteiger charge is 2.63. The van der Waals surface area contributed by atoms with E-state index in [0.717, 1.165) is 0 Å². The summed E-state index contributed by atoms with van der Waals surface area (Å²) in [6.07, 6.45) is -10.9. The van der Waals surface area contributed by atoms with Gasteiger partial charge in [0.2, 0.25) is 0 Å². The van der Waals surface area contributed by atoms with E-state index in [-0.39, 0.29) is 11.8 Å². The second-order valence-electron chi connectivity index (χ2n) is 5.59. The van der Waals surface area contributed by atoms with Crippen LogP contribution in [0.15, 0.2) is 22.9 Å². The zero-order valence-electron chi connectivity index (χ0n) is 12.1. The minimum Gasteiger partial charge on any atom is -0.376 e. The Balaban J connectivity index is 2.62. The summed E-state index contributed by atoms with van der Waals surface area (Å²) in [5.74, 6) is -2.81. The molecule has 0 spiro atoms. The van der Waals surface area contributed by atoms with Crippen molar-refractivity contribution in [2.75, 3.05) is 13.1 Å². The van der Waals surface area contributed by atoms with Crippen LogP contribution in [0.3, 0.4) is 0 Å². The lowest BCUT2D eigenvalue weighted by Gasteiger charge is -2.38. The zero-order chi connectivity index (χ0) is 18.3. The Labute approximate surface area is 132 Å². The number of halogens is 6. The van der Waals surface area contributed by atoms with Gasteiger partial charge in [0, 0.05) is 30.8 Å². The Hall–Kier alpha value is -2.02. The van der Waals surface area contributed by atoms with Crippen molar-refractivity contribution < 1.29 is 36.2 Å². The topological polar surface area (TPSA) is 64.3 Å². The smallest absolute Gasteiger partial charge is 0.376 e. The molecule has 0 saturated carbocycles. The SMILES string of the molecule is N#CC1=C(N2CCCC2)CC(O)(C(F)(F)F)C(C(=O)C(F)(F)F)=C1. The molecule has 2 rings (SSSR count). The van der Waals surface area contributed by atoms with Crippen LogP contribution in [0.4, 0.5) is 26.3 Å². The van der Waals surface area contributed by atoms with Crippen molar-refractivity contribution in [1.82, 2.24) is 4.90 Å². The van der Waals surface area contributed by atoms with Crippen LogP contribution in [0, 0.1) is 11.3 Å². The second-order valence-corrected chi connectivity index (χ2v) is 5.59. The van der Waals surface area contributed by atoms with Crippen LogP contribution < -0.4 is 0 Å².